The van der Waals surface area contributed by atoms with E-state index in [4.69, 9.17) is 11.6 Å². The van der Waals surface area contributed by atoms with Gasteiger partial charge in [-0.3, -0.25) is 0 Å². The number of para-hydroxylation sites is 1. The maximum Gasteiger partial charge on any atom is 0.229 e. The first-order valence-corrected chi connectivity index (χ1v) is 11.3. The standard InChI is InChI=1S/C22H16ClN5O2S/c23-16-8-6-7-15(13-16)14-24-20-18-11-4-5-12-19(18)28-21(25-20)22(26-27-28)31(29,30)17-9-2-1-3-10-17/h1-13H,14H2,(H,24,25). The third kappa shape index (κ3) is 3.49. The summed E-state index contributed by atoms with van der Waals surface area (Å²) < 4.78 is 27.8. The molecule has 2 heterocycles. The van der Waals surface area contributed by atoms with Gasteiger partial charge in [0.2, 0.25) is 14.9 Å². The van der Waals surface area contributed by atoms with Gasteiger partial charge < -0.3 is 5.32 Å². The molecule has 31 heavy (non-hydrogen) atoms. The van der Waals surface area contributed by atoms with E-state index < -0.39 is 9.84 Å². The first-order valence-electron chi connectivity index (χ1n) is 9.47. The van der Waals surface area contributed by atoms with E-state index >= 15 is 0 Å². The number of nitrogens with zero attached hydrogens (tertiary/aromatic N) is 4. The Labute approximate surface area is 183 Å². The highest BCUT2D eigenvalue weighted by atomic mass is 35.5. The Kier molecular flexibility index (Phi) is 4.80. The van der Waals surface area contributed by atoms with Crippen molar-refractivity contribution < 1.29 is 8.42 Å². The van der Waals surface area contributed by atoms with Crippen molar-refractivity contribution in [2.75, 3.05) is 5.32 Å². The summed E-state index contributed by atoms with van der Waals surface area (Å²) in [6.07, 6.45) is 0. The number of sulfone groups is 1. The van der Waals surface area contributed by atoms with Crippen LogP contribution in [0.25, 0.3) is 16.6 Å². The smallest absolute Gasteiger partial charge is 0.229 e. The summed E-state index contributed by atoms with van der Waals surface area (Å²) in [5.74, 6) is 0.537. The third-order valence-electron chi connectivity index (χ3n) is 4.88. The molecule has 1 N–H and O–H groups in total. The minimum Gasteiger partial charge on any atom is -0.365 e. The molecule has 0 amide bonds. The van der Waals surface area contributed by atoms with Crippen LogP contribution in [0, 0.1) is 0 Å². The lowest BCUT2D eigenvalue weighted by molar-refractivity contribution is 0.592. The highest BCUT2D eigenvalue weighted by molar-refractivity contribution is 7.91. The molecule has 0 bridgehead atoms. The molecule has 0 radical (unpaired) electrons. The molecule has 0 spiro atoms. The fraction of sp³-hybridized carbons (Fsp3) is 0.0455. The maximum absolute atomic E-state index is 13.2. The van der Waals surface area contributed by atoms with Gasteiger partial charge in [-0.2, -0.15) is 4.52 Å². The molecule has 2 aromatic heterocycles. The van der Waals surface area contributed by atoms with Gasteiger partial charge in [0.1, 0.15) is 5.82 Å². The number of halogens is 1. The normalized spacial score (nSPS) is 11.8. The van der Waals surface area contributed by atoms with Crippen LogP contribution in [0.4, 0.5) is 5.82 Å². The molecule has 0 aliphatic carbocycles. The van der Waals surface area contributed by atoms with Crippen molar-refractivity contribution in [3.63, 3.8) is 0 Å². The topological polar surface area (TPSA) is 89.2 Å². The van der Waals surface area contributed by atoms with Crippen LogP contribution in [-0.2, 0) is 16.4 Å². The number of aromatic nitrogens is 4. The van der Waals surface area contributed by atoms with E-state index in [0.29, 0.717) is 22.9 Å². The molecule has 0 saturated carbocycles. The van der Waals surface area contributed by atoms with E-state index in [-0.39, 0.29) is 15.6 Å². The molecule has 5 aromatic rings. The Morgan fingerprint density at radius 2 is 1.71 bits per heavy atom. The highest BCUT2D eigenvalue weighted by Crippen LogP contribution is 2.28. The molecule has 0 unspecified atom stereocenters. The summed E-state index contributed by atoms with van der Waals surface area (Å²) in [7, 11) is -3.88. The van der Waals surface area contributed by atoms with Gasteiger partial charge in [0, 0.05) is 17.0 Å². The summed E-state index contributed by atoms with van der Waals surface area (Å²) in [5.41, 5.74) is 1.83. The first-order chi connectivity index (χ1) is 15.0. The first kappa shape index (κ1) is 19.5. The lowest BCUT2D eigenvalue weighted by Gasteiger charge is -2.11. The van der Waals surface area contributed by atoms with Crippen molar-refractivity contribution >= 4 is 43.8 Å². The quantitative estimate of drug-likeness (QED) is 0.428. The van der Waals surface area contributed by atoms with Crippen LogP contribution >= 0.6 is 11.6 Å². The second-order valence-electron chi connectivity index (χ2n) is 6.91. The van der Waals surface area contributed by atoms with Crippen molar-refractivity contribution in [2.24, 2.45) is 0 Å². The Bertz CT molecular complexity index is 1520. The Morgan fingerprint density at radius 3 is 2.52 bits per heavy atom. The van der Waals surface area contributed by atoms with E-state index in [9.17, 15) is 8.42 Å². The second kappa shape index (κ2) is 7.64. The van der Waals surface area contributed by atoms with Crippen molar-refractivity contribution in [3.05, 3.63) is 89.4 Å². The van der Waals surface area contributed by atoms with Crippen molar-refractivity contribution in [3.8, 4) is 0 Å². The average Bonchev–Trinajstić information content (AvgIpc) is 3.23. The van der Waals surface area contributed by atoms with Crippen molar-refractivity contribution in [2.45, 2.75) is 16.5 Å². The summed E-state index contributed by atoms with van der Waals surface area (Å²) in [6.45, 7) is 0.468. The highest BCUT2D eigenvalue weighted by Gasteiger charge is 2.26. The van der Waals surface area contributed by atoms with Crippen LogP contribution < -0.4 is 5.32 Å². The lowest BCUT2D eigenvalue weighted by Crippen LogP contribution is -2.07. The van der Waals surface area contributed by atoms with Crippen LogP contribution in [0.2, 0.25) is 5.02 Å². The van der Waals surface area contributed by atoms with Gasteiger partial charge >= 0.3 is 0 Å². The fourth-order valence-electron chi connectivity index (χ4n) is 3.40. The molecule has 0 aliphatic rings. The van der Waals surface area contributed by atoms with Crippen LogP contribution in [0.3, 0.4) is 0 Å². The number of benzene rings is 3. The molecule has 5 rings (SSSR count). The number of rotatable bonds is 5. The molecule has 7 nitrogen and oxygen atoms in total. The number of fused-ring (bicyclic) bond motifs is 3. The van der Waals surface area contributed by atoms with Gasteiger partial charge in [0.05, 0.1) is 10.4 Å². The number of nitrogens with one attached hydrogen (secondary N) is 1. The van der Waals surface area contributed by atoms with E-state index in [1.54, 1.807) is 18.2 Å². The van der Waals surface area contributed by atoms with Gasteiger partial charge in [-0.25, -0.2) is 13.4 Å². The van der Waals surface area contributed by atoms with Crippen molar-refractivity contribution in [1.29, 1.82) is 0 Å². The molecule has 9 heteroatoms. The zero-order chi connectivity index (χ0) is 21.4. The summed E-state index contributed by atoms with van der Waals surface area (Å²) >= 11 is 6.08. The monoisotopic (exact) mass is 449 g/mol. The molecule has 3 aromatic carbocycles. The van der Waals surface area contributed by atoms with Gasteiger partial charge in [-0.05, 0) is 42.0 Å². The van der Waals surface area contributed by atoms with E-state index in [1.165, 1.54) is 16.6 Å². The summed E-state index contributed by atoms with van der Waals surface area (Å²) in [5, 5.41) is 12.6. The minimum absolute atomic E-state index is 0.140. The molecular formula is C22H16ClN5O2S. The third-order valence-corrected chi connectivity index (χ3v) is 6.78. The fourth-order valence-corrected chi connectivity index (χ4v) is 4.87. The zero-order valence-electron chi connectivity index (χ0n) is 16.1. The predicted molar refractivity (Wildman–Crippen MR) is 119 cm³/mol. The molecule has 0 atom stereocenters. The SMILES string of the molecule is O=S(=O)(c1ccccc1)c1nnn2c1nc(NCc1cccc(Cl)c1)c1ccccc12. The van der Waals surface area contributed by atoms with Gasteiger partial charge in [0.25, 0.3) is 0 Å². The zero-order valence-corrected chi connectivity index (χ0v) is 17.7. The van der Waals surface area contributed by atoms with Crippen LogP contribution in [-0.4, -0.2) is 28.2 Å². The Morgan fingerprint density at radius 1 is 0.935 bits per heavy atom. The van der Waals surface area contributed by atoms with E-state index in [1.807, 2.05) is 48.5 Å². The van der Waals surface area contributed by atoms with Gasteiger partial charge in [0.15, 0.2) is 5.65 Å². The number of anilines is 1. The van der Waals surface area contributed by atoms with Crippen molar-refractivity contribution in [1.82, 2.24) is 19.8 Å². The number of hydrogen-bond donors (Lipinski definition) is 1. The molecule has 0 aliphatic heterocycles. The largest absolute Gasteiger partial charge is 0.365 e. The Balaban J connectivity index is 1.66. The molecular weight excluding hydrogens is 434 g/mol. The van der Waals surface area contributed by atoms with E-state index in [2.05, 4.69) is 20.6 Å². The van der Waals surface area contributed by atoms with Crippen LogP contribution in [0.1, 0.15) is 5.56 Å². The summed E-state index contributed by atoms with van der Waals surface area (Å²) in [6, 6.07) is 23.1. The summed E-state index contributed by atoms with van der Waals surface area (Å²) in [4.78, 5) is 4.75. The van der Waals surface area contributed by atoms with E-state index in [0.717, 1.165) is 10.9 Å². The van der Waals surface area contributed by atoms with Crippen LogP contribution in [0.15, 0.2) is 88.8 Å². The molecule has 0 saturated heterocycles. The lowest BCUT2D eigenvalue weighted by atomic mass is 10.2. The van der Waals surface area contributed by atoms with Gasteiger partial charge in [-0.15, -0.1) is 5.10 Å². The molecule has 154 valence electrons. The average molecular weight is 450 g/mol. The minimum atomic E-state index is -3.88. The predicted octanol–water partition coefficient (Wildman–Crippen LogP) is 4.38. The second-order valence-corrected chi connectivity index (χ2v) is 9.21. The van der Waals surface area contributed by atoms with Crippen LogP contribution in [0.5, 0.6) is 0 Å². The Hall–Kier alpha value is -3.49. The van der Waals surface area contributed by atoms with Gasteiger partial charge in [-0.1, -0.05) is 59.3 Å². The number of hydrogen-bond acceptors (Lipinski definition) is 6. The maximum atomic E-state index is 13.2. The molecule has 0 fully saturated rings.